The van der Waals surface area contributed by atoms with Crippen molar-refractivity contribution in [3.63, 3.8) is 0 Å². The van der Waals surface area contributed by atoms with Crippen molar-refractivity contribution in [2.75, 3.05) is 0 Å². The Morgan fingerprint density at radius 2 is 1.00 bits per heavy atom. The van der Waals surface area contributed by atoms with Gasteiger partial charge in [-0.2, -0.15) is 0 Å². The van der Waals surface area contributed by atoms with E-state index in [1.807, 2.05) is 13.8 Å². The lowest BCUT2D eigenvalue weighted by Gasteiger charge is -2.18. The van der Waals surface area contributed by atoms with Gasteiger partial charge in [0.05, 0.1) is 22.8 Å². The van der Waals surface area contributed by atoms with Gasteiger partial charge in [0.25, 0.3) is 0 Å². The third-order valence-electron chi connectivity index (χ3n) is 6.89. The minimum absolute atomic E-state index is 0.392. The first kappa shape index (κ1) is 27.6. The van der Waals surface area contributed by atoms with E-state index in [9.17, 15) is 0 Å². The first-order valence-corrected chi connectivity index (χ1v) is 13.3. The molecule has 0 bridgehead atoms. The van der Waals surface area contributed by atoms with E-state index < -0.39 is 0 Å². The molecule has 0 atom stereocenters. The van der Waals surface area contributed by atoms with Gasteiger partial charge >= 0.3 is 0 Å². The number of hydrogen-bond acceptors (Lipinski definition) is 3. The van der Waals surface area contributed by atoms with Crippen molar-refractivity contribution >= 4 is 22.8 Å². The van der Waals surface area contributed by atoms with Crippen LogP contribution in [-0.4, -0.2) is 16.5 Å². The van der Waals surface area contributed by atoms with Gasteiger partial charge in [0.15, 0.2) is 0 Å². The molecule has 0 saturated heterocycles. The number of benzene rings is 2. The van der Waals surface area contributed by atoms with Gasteiger partial charge in [0, 0.05) is 5.71 Å². The monoisotopic (exact) mass is 483 g/mol. The number of rotatable bonds is 8. The standard InChI is InChI=1S/C32H43N4/c1-18(2)25-14-12-15-26(19(3)4)31(25)33-23(10)29-22(9)30(36-35-29)24(11)34-32-27(20(5)6)16-13-17-28(32)21(7)8/h12-21H,1-11H3/q-1. The van der Waals surface area contributed by atoms with E-state index in [0.29, 0.717) is 23.7 Å². The SMILES string of the molecule is CC(=Nc1c(C(C)C)cccc1C(C)C)c1n[n-]c(C(C)=Nc2c(C(C)C)cccc2C(C)C)c1C. The fourth-order valence-electron chi connectivity index (χ4n) is 4.77. The number of aliphatic imine (C=N–C) groups is 2. The fraction of sp³-hybridized carbons (Fsp3) is 0.469. The van der Waals surface area contributed by atoms with Gasteiger partial charge in [-0.1, -0.05) is 97.5 Å². The van der Waals surface area contributed by atoms with Crippen LogP contribution >= 0.6 is 0 Å². The zero-order chi connectivity index (χ0) is 26.7. The number of para-hydroxylation sites is 2. The van der Waals surface area contributed by atoms with Gasteiger partial charge in [-0.3, -0.25) is 9.98 Å². The maximum atomic E-state index is 5.14. The van der Waals surface area contributed by atoms with E-state index in [0.717, 1.165) is 39.7 Å². The van der Waals surface area contributed by atoms with Crippen LogP contribution in [0, 0.1) is 6.92 Å². The minimum atomic E-state index is 0.392. The third kappa shape index (κ3) is 5.69. The summed E-state index contributed by atoms with van der Waals surface area (Å²) in [7, 11) is 0. The summed E-state index contributed by atoms with van der Waals surface area (Å²) in [6.45, 7) is 23.9. The zero-order valence-electron chi connectivity index (χ0n) is 24.1. The van der Waals surface area contributed by atoms with Crippen LogP contribution < -0.4 is 5.10 Å². The van der Waals surface area contributed by atoms with E-state index in [2.05, 4.69) is 109 Å². The van der Waals surface area contributed by atoms with Crippen molar-refractivity contribution in [2.45, 2.75) is 99.8 Å². The molecule has 1 heterocycles. The van der Waals surface area contributed by atoms with Crippen LogP contribution in [0.25, 0.3) is 0 Å². The second kappa shape index (κ2) is 11.4. The smallest absolute Gasteiger partial charge is 0.0702 e. The molecular formula is C32H43N4-. The van der Waals surface area contributed by atoms with E-state index in [1.54, 1.807) is 0 Å². The van der Waals surface area contributed by atoms with Gasteiger partial charge in [-0.05, 0) is 72.3 Å². The Balaban J connectivity index is 2.10. The second-order valence-electron chi connectivity index (χ2n) is 11.1. The van der Waals surface area contributed by atoms with Crippen molar-refractivity contribution in [1.82, 2.24) is 10.2 Å². The zero-order valence-corrected chi connectivity index (χ0v) is 24.1. The van der Waals surface area contributed by atoms with Crippen molar-refractivity contribution in [1.29, 1.82) is 0 Å². The maximum Gasteiger partial charge on any atom is 0.0702 e. The predicted molar refractivity (Wildman–Crippen MR) is 155 cm³/mol. The Morgan fingerprint density at radius 3 is 1.36 bits per heavy atom. The topological polar surface area (TPSA) is 51.7 Å². The van der Waals surface area contributed by atoms with Gasteiger partial charge < -0.3 is 10.2 Å². The van der Waals surface area contributed by atoms with Crippen LogP contribution in [0.1, 0.15) is 132 Å². The molecule has 4 heteroatoms. The molecule has 1 aromatic heterocycles. The lowest BCUT2D eigenvalue weighted by Crippen LogP contribution is -2.03. The molecule has 0 unspecified atom stereocenters. The summed E-state index contributed by atoms with van der Waals surface area (Å²) in [6, 6.07) is 13.0. The summed E-state index contributed by atoms with van der Waals surface area (Å²) < 4.78 is 0. The lowest BCUT2D eigenvalue weighted by atomic mass is 9.92. The molecule has 0 fully saturated rings. The lowest BCUT2D eigenvalue weighted by molar-refractivity contribution is 0.834. The average Bonchev–Trinajstić information content (AvgIpc) is 3.20. The quantitative estimate of drug-likeness (QED) is 0.300. The normalized spacial score (nSPS) is 13.1. The first-order chi connectivity index (χ1) is 16.9. The number of hydrogen-bond donors (Lipinski definition) is 0. The van der Waals surface area contributed by atoms with Crippen molar-refractivity contribution in [3.05, 3.63) is 75.6 Å². The molecule has 192 valence electrons. The van der Waals surface area contributed by atoms with Gasteiger partial charge in [0.2, 0.25) is 0 Å². The first-order valence-electron chi connectivity index (χ1n) is 13.3. The summed E-state index contributed by atoms with van der Waals surface area (Å²) >= 11 is 0. The van der Waals surface area contributed by atoms with Gasteiger partial charge in [-0.15, -0.1) is 0 Å². The molecule has 3 aromatic rings. The molecule has 0 aliphatic rings. The van der Waals surface area contributed by atoms with Crippen molar-refractivity contribution < 1.29 is 0 Å². The minimum Gasteiger partial charge on any atom is -0.573 e. The molecular weight excluding hydrogens is 440 g/mol. The van der Waals surface area contributed by atoms with Crippen molar-refractivity contribution in [3.8, 4) is 0 Å². The van der Waals surface area contributed by atoms with Crippen LogP contribution in [0.3, 0.4) is 0 Å². The van der Waals surface area contributed by atoms with Crippen LogP contribution in [-0.2, 0) is 0 Å². The number of nitrogens with zero attached hydrogens (tertiary/aromatic N) is 4. The van der Waals surface area contributed by atoms with Crippen LogP contribution in [0.15, 0.2) is 46.4 Å². The Kier molecular flexibility index (Phi) is 8.71. The highest BCUT2D eigenvalue weighted by atomic mass is 15.1. The molecule has 4 nitrogen and oxygen atoms in total. The number of aromatic nitrogens is 2. The highest BCUT2D eigenvalue weighted by molar-refractivity contribution is 6.05. The Bertz CT molecular complexity index is 1120. The van der Waals surface area contributed by atoms with Crippen LogP contribution in [0.5, 0.6) is 0 Å². The molecule has 0 saturated carbocycles. The largest absolute Gasteiger partial charge is 0.573 e. The molecule has 0 amide bonds. The van der Waals surface area contributed by atoms with Crippen LogP contribution in [0.4, 0.5) is 11.4 Å². The van der Waals surface area contributed by atoms with Crippen LogP contribution in [0.2, 0.25) is 0 Å². The Hall–Kier alpha value is -3.01. The molecule has 3 rings (SSSR count). The summed E-state index contributed by atoms with van der Waals surface area (Å²) in [5.74, 6) is 1.57. The van der Waals surface area contributed by atoms with Crippen molar-refractivity contribution in [2.24, 2.45) is 9.98 Å². The highest BCUT2D eigenvalue weighted by Crippen LogP contribution is 2.36. The Labute approximate surface area is 218 Å². The summed E-state index contributed by atoms with van der Waals surface area (Å²) in [6.07, 6.45) is 0. The molecule has 0 aliphatic carbocycles. The highest BCUT2D eigenvalue weighted by Gasteiger charge is 2.16. The van der Waals surface area contributed by atoms with Gasteiger partial charge in [0.1, 0.15) is 0 Å². The van der Waals surface area contributed by atoms with E-state index in [-0.39, 0.29) is 0 Å². The fourth-order valence-corrected chi connectivity index (χ4v) is 4.77. The molecule has 0 aliphatic heterocycles. The predicted octanol–water partition coefficient (Wildman–Crippen LogP) is 9.12. The molecule has 0 radical (unpaired) electrons. The Morgan fingerprint density at radius 1 is 0.639 bits per heavy atom. The van der Waals surface area contributed by atoms with E-state index in [4.69, 9.17) is 9.98 Å². The summed E-state index contributed by atoms with van der Waals surface area (Å²) in [5, 5.41) is 9.15. The summed E-state index contributed by atoms with van der Waals surface area (Å²) in [5.41, 5.74) is 11.7. The van der Waals surface area contributed by atoms with E-state index in [1.165, 1.54) is 22.3 Å². The molecule has 2 aromatic carbocycles. The summed E-state index contributed by atoms with van der Waals surface area (Å²) in [4.78, 5) is 10.3. The van der Waals surface area contributed by atoms with Gasteiger partial charge in [-0.25, -0.2) is 0 Å². The average molecular weight is 484 g/mol. The molecule has 0 spiro atoms. The van der Waals surface area contributed by atoms with E-state index >= 15 is 0 Å². The molecule has 0 N–H and O–H groups in total. The second-order valence-corrected chi connectivity index (χ2v) is 11.1. The third-order valence-corrected chi connectivity index (χ3v) is 6.89. The molecule has 36 heavy (non-hydrogen) atoms. The maximum absolute atomic E-state index is 5.14.